The zero-order valence-corrected chi connectivity index (χ0v) is 11.8. The van der Waals surface area contributed by atoms with Crippen molar-refractivity contribution in [3.05, 3.63) is 29.8 Å². The van der Waals surface area contributed by atoms with E-state index in [4.69, 9.17) is 5.73 Å². The van der Waals surface area contributed by atoms with Crippen LogP contribution < -0.4 is 10.5 Å². The summed E-state index contributed by atoms with van der Waals surface area (Å²) < 4.78 is 53.0. The number of benzene rings is 1. The maximum absolute atomic E-state index is 13.1. The molecular formula is C13H18F2N2O2S. The van der Waals surface area contributed by atoms with Crippen molar-refractivity contribution >= 4 is 10.0 Å². The number of nitrogens with two attached hydrogens (primary N) is 1. The Hall–Kier alpha value is -1.05. The van der Waals surface area contributed by atoms with Gasteiger partial charge in [-0.25, -0.2) is 21.9 Å². The maximum atomic E-state index is 13.1. The van der Waals surface area contributed by atoms with Crippen LogP contribution in [-0.2, 0) is 10.0 Å². The van der Waals surface area contributed by atoms with E-state index in [1.807, 2.05) is 0 Å². The first-order chi connectivity index (χ1) is 9.38. The second-order valence-corrected chi connectivity index (χ2v) is 6.85. The van der Waals surface area contributed by atoms with Crippen LogP contribution in [0.1, 0.15) is 32.1 Å². The van der Waals surface area contributed by atoms with Crippen LogP contribution in [-0.4, -0.2) is 20.5 Å². The van der Waals surface area contributed by atoms with E-state index < -0.39 is 32.6 Å². The molecule has 2 atom stereocenters. The van der Waals surface area contributed by atoms with Crippen molar-refractivity contribution in [2.75, 3.05) is 0 Å². The minimum atomic E-state index is -3.96. The topological polar surface area (TPSA) is 72.2 Å². The molecule has 1 fully saturated rings. The Labute approximate surface area is 117 Å². The van der Waals surface area contributed by atoms with Crippen LogP contribution in [0.2, 0.25) is 0 Å². The van der Waals surface area contributed by atoms with Gasteiger partial charge in [0.25, 0.3) is 0 Å². The van der Waals surface area contributed by atoms with Gasteiger partial charge in [0, 0.05) is 18.2 Å². The van der Waals surface area contributed by atoms with Gasteiger partial charge in [-0.3, -0.25) is 0 Å². The van der Waals surface area contributed by atoms with Crippen molar-refractivity contribution in [1.29, 1.82) is 0 Å². The van der Waals surface area contributed by atoms with E-state index in [1.165, 1.54) is 0 Å². The highest BCUT2D eigenvalue weighted by molar-refractivity contribution is 7.89. The molecule has 0 bridgehead atoms. The van der Waals surface area contributed by atoms with Gasteiger partial charge in [-0.1, -0.05) is 19.3 Å². The molecule has 2 unspecified atom stereocenters. The first-order valence-corrected chi connectivity index (χ1v) is 8.11. The van der Waals surface area contributed by atoms with Crippen molar-refractivity contribution < 1.29 is 17.2 Å². The zero-order chi connectivity index (χ0) is 14.8. The molecule has 0 amide bonds. The second kappa shape index (κ2) is 6.15. The molecule has 0 saturated heterocycles. The fraction of sp³-hybridized carbons (Fsp3) is 0.538. The van der Waals surface area contributed by atoms with Gasteiger partial charge in [0.2, 0.25) is 10.0 Å². The summed E-state index contributed by atoms with van der Waals surface area (Å²) >= 11 is 0. The lowest BCUT2D eigenvalue weighted by atomic mass is 10.1. The normalized spacial score (nSPS) is 24.4. The Kier molecular flexibility index (Phi) is 4.72. The van der Waals surface area contributed by atoms with Gasteiger partial charge >= 0.3 is 0 Å². The molecule has 0 aromatic heterocycles. The van der Waals surface area contributed by atoms with Crippen molar-refractivity contribution in [3.8, 4) is 0 Å². The molecule has 0 radical (unpaired) electrons. The largest absolute Gasteiger partial charge is 0.326 e. The molecule has 1 aromatic rings. The van der Waals surface area contributed by atoms with E-state index in [9.17, 15) is 17.2 Å². The summed E-state index contributed by atoms with van der Waals surface area (Å²) in [5, 5.41) is 0. The predicted molar refractivity (Wildman–Crippen MR) is 71.5 cm³/mol. The van der Waals surface area contributed by atoms with Crippen LogP contribution in [0, 0.1) is 11.6 Å². The highest BCUT2D eigenvalue weighted by Gasteiger charge is 2.26. The van der Waals surface area contributed by atoms with E-state index in [2.05, 4.69) is 4.72 Å². The van der Waals surface area contributed by atoms with Gasteiger partial charge < -0.3 is 5.73 Å². The van der Waals surface area contributed by atoms with Gasteiger partial charge in [-0.2, -0.15) is 0 Å². The first kappa shape index (κ1) is 15.3. The number of rotatable bonds is 3. The van der Waals surface area contributed by atoms with Crippen LogP contribution in [0.4, 0.5) is 8.78 Å². The third-order valence-corrected chi connectivity index (χ3v) is 4.99. The Morgan fingerprint density at radius 2 is 1.65 bits per heavy atom. The van der Waals surface area contributed by atoms with Gasteiger partial charge in [0.15, 0.2) is 0 Å². The zero-order valence-electron chi connectivity index (χ0n) is 11.0. The third-order valence-electron chi connectivity index (χ3n) is 3.52. The van der Waals surface area contributed by atoms with Crippen LogP contribution in [0.5, 0.6) is 0 Å². The minimum Gasteiger partial charge on any atom is -0.326 e. The average molecular weight is 304 g/mol. The molecule has 0 heterocycles. The Morgan fingerprint density at radius 3 is 2.30 bits per heavy atom. The number of nitrogens with one attached hydrogen (secondary N) is 1. The molecule has 2 rings (SSSR count). The van der Waals surface area contributed by atoms with Crippen molar-refractivity contribution in [3.63, 3.8) is 0 Å². The van der Waals surface area contributed by atoms with Gasteiger partial charge in [0.05, 0.1) is 4.90 Å². The second-order valence-electron chi connectivity index (χ2n) is 5.13. The van der Waals surface area contributed by atoms with E-state index >= 15 is 0 Å². The lowest BCUT2D eigenvalue weighted by Gasteiger charge is -2.22. The summed E-state index contributed by atoms with van der Waals surface area (Å²) in [5.74, 6) is -1.84. The van der Waals surface area contributed by atoms with Crippen LogP contribution in [0.15, 0.2) is 23.1 Å². The van der Waals surface area contributed by atoms with E-state index in [-0.39, 0.29) is 6.04 Å². The molecule has 1 aromatic carbocycles. The van der Waals surface area contributed by atoms with E-state index in [1.54, 1.807) is 0 Å². The summed E-state index contributed by atoms with van der Waals surface area (Å²) in [6.07, 6.45) is 4.25. The Morgan fingerprint density at radius 1 is 1.05 bits per heavy atom. The molecular weight excluding hydrogens is 286 g/mol. The van der Waals surface area contributed by atoms with Crippen molar-refractivity contribution in [1.82, 2.24) is 4.72 Å². The smallest absolute Gasteiger partial charge is 0.241 e. The van der Waals surface area contributed by atoms with Gasteiger partial charge in [-0.15, -0.1) is 0 Å². The molecule has 0 aliphatic heterocycles. The lowest BCUT2D eigenvalue weighted by Crippen LogP contribution is -2.46. The molecule has 1 aliphatic rings. The van der Waals surface area contributed by atoms with Gasteiger partial charge in [0.1, 0.15) is 11.6 Å². The molecule has 3 N–H and O–H groups in total. The number of halogens is 2. The monoisotopic (exact) mass is 304 g/mol. The van der Waals surface area contributed by atoms with E-state index in [0.29, 0.717) is 12.5 Å². The number of hydrogen-bond acceptors (Lipinski definition) is 3. The van der Waals surface area contributed by atoms with Crippen LogP contribution in [0.3, 0.4) is 0 Å². The molecule has 4 nitrogen and oxygen atoms in total. The molecule has 1 aliphatic carbocycles. The SMILES string of the molecule is NC1CCCCCC1NS(=O)(=O)c1cc(F)cc(F)c1. The summed E-state index contributed by atoms with van der Waals surface area (Å²) in [6.45, 7) is 0. The third kappa shape index (κ3) is 3.74. The molecule has 20 heavy (non-hydrogen) atoms. The van der Waals surface area contributed by atoms with Crippen molar-refractivity contribution in [2.24, 2.45) is 5.73 Å². The lowest BCUT2D eigenvalue weighted by molar-refractivity contribution is 0.455. The van der Waals surface area contributed by atoms with Gasteiger partial charge in [-0.05, 0) is 25.0 Å². The highest BCUT2D eigenvalue weighted by atomic mass is 32.2. The number of sulfonamides is 1. The average Bonchev–Trinajstić information content (AvgIpc) is 2.53. The fourth-order valence-electron chi connectivity index (χ4n) is 2.43. The quantitative estimate of drug-likeness (QED) is 0.838. The molecule has 112 valence electrons. The molecule has 0 spiro atoms. The van der Waals surface area contributed by atoms with Crippen LogP contribution in [0.25, 0.3) is 0 Å². The standard InChI is InChI=1S/C13H18F2N2O2S/c14-9-6-10(15)8-11(7-9)20(18,19)17-13-5-3-1-2-4-12(13)16/h6-8,12-13,17H,1-5,16H2. The molecule has 7 heteroatoms. The maximum Gasteiger partial charge on any atom is 0.241 e. The summed E-state index contributed by atoms with van der Waals surface area (Å²) in [6, 6.07) is 1.57. The summed E-state index contributed by atoms with van der Waals surface area (Å²) in [4.78, 5) is -0.411. The number of hydrogen-bond donors (Lipinski definition) is 2. The fourth-order valence-corrected chi connectivity index (χ4v) is 3.80. The summed E-state index contributed by atoms with van der Waals surface area (Å²) in [7, 11) is -3.96. The van der Waals surface area contributed by atoms with Crippen LogP contribution >= 0.6 is 0 Å². The van der Waals surface area contributed by atoms with Crippen molar-refractivity contribution in [2.45, 2.75) is 49.1 Å². The predicted octanol–water partition coefficient (Wildman–Crippen LogP) is 1.90. The summed E-state index contributed by atoms with van der Waals surface area (Å²) in [5.41, 5.74) is 5.95. The van der Waals surface area contributed by atoms with E-state index in [0.717, 1.165) is 37.8 Å². The Bertz CT molecular complexity index is 557. The highest BCUT2D eigenvalue weighted by Crippen LogP contribution is 2.20. The molecule has 1 saturated carbocycles. The first-order valence-electron chi connectivity index (χ1n) is 6.62. The Balaban J connectivity index is 2.21. The minimum absolute atomic E-state index is 0.273.